The maximum Gasteiger partial charge on any atom is 0.227 e. The van der Waals surface area contributed by atoms with Gasteiger partial charge in [-0.3, -0.25) is 4.79 Å². The van der Waals surface area contributed by atoms with Crippen LogP contribution in [0.25, 0.3) is 11.0 Å². The predicted molar refractivity (Wildman–Crippen MR) is 107 cm³/mol. The summed E-state index contributed by atoms with van der Waals surface area (Å²) in [5.74, 6) is 2.67. The van der Waals surface area contributed by atoms with Gasteiger partial charge in [0.15, 0.2) is 0 Å². The molecule has 1 amide bonds. The number of nitrogens with zero attached hydrogens (tertiary/aromatic N) is 3. The number of hydrogen-bond acceptors (Lipinski definition) is 4. The van der Waals surface area contributed by atoms with Crippen LogP contribution in [0.1, 0.15) is 36.8 Å². The normalized spacial score (nSPS) is 19.0. The minimum Gasteiger partial charge on any atom is -0.493 e. The fraction of sp³-hybridized carbons (Fsp3) is 0.364. The summed E-state index contributed by atoms with van der Waals surface area (Å²) in [6.07, 6.45) is 2.17. The molecule has 1 unspecified atom stereocenters. The number of benzene rings is 2. The lowest BCUT2D eigenvalue weighted by molar-refractivity contribution is -0.117. The van der Waals surface area contributed by atoms with Crippen LogP contribution >= 0.6 is 0 Å². The molecule has 0 aliphatic carbocycles. The molecule has 3 aromatic rings. The molecule has 2 aromatic carbocycles. The molecule has 0 bridgehead atoms. The summed E-state index contributed by atoms with van der Waals surface area (Å²) in [6, 6.07) is 12.0. The van der Waals surface area contributed by atoms with Crippen LogP contribution in [0, 0.1) is 6.92 Å². The largest absolute Gasteiger partial charge is 0.493 e. The van der Waals surface area contributed by atoms with E-state index >= 15 is 0 Å². The van der Waals surface area contributed by atoms with Crippen LogP contribution in [0.4, 0.5) is 5.69 Å². The fourth-order valence-corrected chi connectivity index (χ4v) is 4.11. The summed E-state index contributed by atoms with van der Waals surface area (Å²) in [7, 11) is 1.99. The van der Waals surface area contributed by atoms with Crippen LogP contribution in [-0.2, 0) is 11.8 Å². The predicted octanol–water partition coefficient (Wildman–Crippen LogP) is 3.91. The lowest BCUT2D eigenvalue weighted by Gasteiger charge is -2.27. The van der Waals surface area contributed by atoms with Gasteiger partial charge in [0.2, 0.25) is 5.91 Å². The van der Waals surface area contributed by atoms with Crippen LogP contribution in [0.3, 0.4) is 0 Å². The fourth-order valence-electron chi connectivity index (χ4n) is 4.11. The molecule has 0 saturated carbocycles. The highest BCUT2D eigenvalue weighted by atomic mass is 16.5. The highest BCUT2D eigenvalue weighted by Gasteiger charge is 2.27. The van der Waals surface area contributed by atoms with Gasteiger partial charge in [-0.05, 0) is 25.5 Å². The number of fused-ring (bicyclic) bond motifs is 2. The summed E-state index contributed by atoms with van der Waals surface area (Å²) < 4.78 is 14.3. The number of para-hydroxylation sites is 1. The van der Waals surface area contributed by atoms with Crippen molar-refractivity contribution in [2.24, 2.45) is 7.05 Å². The molecule has 144 valence electrons. The third-order valence-corrected chi connectivity index (χ3v) is 5.72. The average molecular weight is 377 g/mol. The molecule has 1 saturated heterocycles. The van der Waals surface area contributed by atoms with Crippen LogP contribution in [0.2, 0.25) is 0 Å². The zero-order valence-corrected chi connectivity index (χ0v) is 16.1. The van der Waals surface area contributed by atoms with Crippen LogP contribution in [0.5, 0.6) is 11.5 Å². The van der Waals surface area contributed by atoms with E-state index in [1.165, 1.54) is 0 Å². The Labute approximate surface area is 163 Å². The summed E-state index contributed by atoms with van der Waals surface area (Å²) >= 11 is 0. The summed E-state index contributed by atoms with van der Waals surface area (Å²) in [6.45, 7) is 3.35. The van der Waals surface area contributed by atoms with Gasteiger partial charge in [-0.2, -0.15) is 0 Å². The smallest absolute Gasteiger partial charge is 0.227 e. The maximum absolute atomic E-state index is 12.3. The SMILES string of the molecule is Cc1nc2c(OC3CCOc4ccccc43)cc(N3CCCC3=O)cc2n1C. The molecule has 3 heterocycles. The molecule has 0 spiro atoms. The van der Waals surface area contributed by atoms with E-state index in [1.807, 2.05) is 59.8 Å². The Balaban J connectivity index is 1.60. The van der Waals surface area contributed by atoms with Crippen LogP contribution in [0.15, 0.2) is 36.4 Å². The monoisotopic (exact) mass is 377 g/mol. The zero-order valence-electron chi connectivity index (χ0n) is 16.1. The van der Waals surface area contributed by atoms with Crippen molar-refractivity contribution in [1.82, 2.24) is 9.55 Å². The quantitative estimate of drug-likeness (QED) is 0.694. The van der Waals surface area contributed by atoms with Gasteiger partial charge in [0.05, 0.1) is 12.1 Å². The molecule has 1 aromatic heterocycles. The van der Waals surface area contributed by atoms with Crippen molar-refractivity contribution >= 4 is 22.6 Å². The topological polar surface area (TPSA) is 56.6 Å². The molecule has 2 aliphatic heterocycles. The van der Waals surface area contributed by atoms with Gasteiger partial charge < -0.3 is 18.9 Å². The molecule has 28 heavy (non-hydrogen) atoms. The summed E-state index contributed by atoms with van der Waals surface area (Å²) in [5.41, 5.74) is 3.75. The first-order valence-electron chi connectivity index (χ1n) is 9.77. The Hall–Kier alpha value is -3.02. The van der Waals surface area contributed by atoms with Crippen LogP contribution in [-0.4, -0.2) is 28.6 Å². The van der Waals surface area contributed by atoms with E-state index in [-0.39, 0.29) is 12.0 Å². The molecule has 1 fully saturated rings. The van der Waals surface area contributed by atoms with E-state index in [4.69, 9.17) is 14.5 Å². The average Bonchev–Trinajstić information content (AvgIpc) is 3.26. The minimum absolute atomic E-state index is 0.0972. The molecule has 6 heteroatoms. The second-order valence-electron chi connectivity index (χ2n) is 7.46. The van der Waals surface area contributed by atoms with Crippen molar-refractivity contribution in [3.8, 4) is 11.5 Å². The number of anilines is 1. The molecule has 0 radical (unpaired) electrons. The third-order valence-electron chi connectivity index (χ3n) is 5.72. The number of imidazole rings is 1. The molecular formula is C22H23N3O3. The Kier molecular flexibility index (Phi) is 4.00. The first-order valence-corrected chi connectivity index (χ1v) is 9.77. The number of rotatable bonds is 3. The van der Waals surface area contributed by atoms with Gasteiger partial charge >= 0.3 is 0 Å². The van der Waals surface area contributed by atoms with Crippen molar-refractivity contribution in [2.75, 3.05) is 18.1 Å². The number of carbonyl (C=O) groups is 1. The van der Waals surface area contributed by atoms with Crippen molar-refractivity contribution in [3.05, 3.63) is 47.8 Å². The maximum atomic E-state index is 12.3. The van der Waals surface area contributed by atoms with Crippen molar-refractivity contribution in [2.45, 2.75) is 32.3 Å². The highest BCUT2D eigenvalue weighted by Crippen LogP contribution is 2.39. The molecule has 5 rings (SSSR count). The molecular weight excluding hydrogens is 354 g/mol. The number of aryl methyl sites for hydroxylation is 2. The van der Waals surface area contributed by atoms with Gasteiger partial charge in [0.25, 0.3) is 0 Å². The second kappa shape index (κ2) is 6.55. The lowest BCUT2D eigenvalue weighted by Crippen LogP contribution is -2.24. The van der Waals surface area contributed by atoms with E-state index in [1.54, 1.807) is 0 Å². The van der Waals surface area contributed by atoms with E-state index in [0.29, 0.717) is 13.0 Å². The Morgan fingerprint density at radius 3 is 2.93 bits per heavy atom. The van der Waals surface area contributed by atoms with Gasteiger partial charge in [-0.25, -0.2) is 4.98 Å². The molecule has 0 N–H and O–H groups in total. The van der Waals surface area contributed by atoms with Crippen molar-refractivity contribution in [3.63, 3.8) is 0 Å². The van der Waals surface area contributed by atoms with E-state index in [2.05, 4.69) is 0 Å². The van der Waals surface area contributed by atoms with E-state index < -0.39 is 0 Å². The van der Waals surface area contributed by atoms with E-state index in [9.17, 15) is 4.79 Å². The number of hydrogen-bond donors (Lipinski definition) is 0. The Morgan fingerprint density at radius 2 is 2.11 bits per heavy atom. The Bertz CT molecular complexity index is 1070. The van der Waals surface area contributed by atoms with Crippen molar-refractivity contribution < 1.29 is 14.3 Å². The number of ether oxygens (including phenoxy) is 2. The molecule has 2 aliphatic rings. The van der Waals surface area contributed by atoms with E-state index in [0.717, 1.165) is 59.0 Å². The van der Waals surface area contributed by atoms with Gasteiger partial charge in [-0.1, -0.05) is 18.2 Å². The van der Waals surface area contributed by atoms with Crippen molar-refractivity contribution in [1.29, 1.82) is 0 Å². The first kappa shape index (κ1) is 17.1. The van der Waals surface area contributed by atoms with Gasteiger partial charge in [0.1, 0.15) is 28.9 Å². The Morgan fingerprint density at radius 1 is 1.25 bits per heavy atom. The minimum atomic E-state index is -0.0972. The summed E-state index contributed by atoms with van der Waals surface area (Å²) in [5, 5.41) is 0. The zero-order chi connectivity index (χ0) is 19.3. The molecule has 1 atom stereocenters. The number of aromatic nitrogens is 2. The standard InChI is InChI=1S/C22H23N3O3/c1-14-23-22-17(24(14)2)12-15(25-10-5-8-21(25)26)13-20(22)28-19-9-11-27-18-7-4-3-6-16(18)19/h3-4,6-7,12-13,19H,5,8-11H2,1-2H3. The lowest BCUT2D eigenvalue weighted by atomic mass is 10.0. The number of amides is 1. The first-order chi connectivity index (χ1) is 13.6. The molecule has 6 nitrogen and oxygen atoms in total. The third kappa shape index (κ3) is 2.71. The van der Waals surface area contributed by atoms with Gasteiger partial charge in [-0.15, -0.1) is 0 Å². The summed E-state index contributed by atoms with van der Waals surface area (Å²) in [4.78, 5) is 18.9. The van der Waals surface area contributed by atoms with Crippen LogP contribution < -0.4 is 14.4 Å². The number of carbonyl (C=O) groups excluding carboxylic acids is 1. The highest BCUT2D eigenvalue weighted by molar-refractivity contribution is 5.98. The second-order valence-corrected chi connectivity index (χ2v) is 7.46. The van der Waals surface area contributed by atoms with Gasteiger partial charge in [0, 0.05) is 43.8 Å².